The molecule has 8 nitrogen and oxygen atoms in total. The maximum absolute atomic E-state index is 14.4. The number of ether oxygens (including phenoxy) is 2. The van der Waals surface area contributed by atoms with E-state index in [0.29, 0.717) is 17.2 Å². The second kappa shape index (κ2) is 9.34. The number of hydrogen-bond donors (Lipinski definition) is 2. The van der Waals surface area contributed by atoms with Gasteiger partial charge in [0.1, 0.15) is 0 Å². The molecule has 4 aliphatic carbocycles. The lowest BCUT2D eigenvalue weighted by atomic mass is 9.46. The number of fused-ring (bicyclic) bond motifs is 8. The number of allylic oxidation sites excluding steroid dienone is 4. The number of hydrogen-bond acceptors (Lipinski definition) is 8. The Kier molecular flexibility index (Phi) is 6.20. The number of rotatable bonds is 6. The SMILES string of the molecule is CCCC1O[C@@H]2CC3C4CCC5=CC(=O)C=CC5(C)C4[C@@H](O)CC3(C)[C@]2(C(=O)CSc2nc3ncccc3[nH]2)O1. The fraction of sp³-hybridized carbons (Fsp3) is 0.613. The molecule has 212 valence electrons. The van der Waals surface area contributed by atoms with E-state index >= 15 is 0 Å². The highest BCUT2D eigenvalue weighted by Gasteiger charge is 2.75. The molecule has 0 amide bonds. The molecule has 0 bridgehead atoms. The highest BCUT2D eigenvalue weighted by atomic mass is 32.2. The van der Waals surface area contributed by atoms with Crippen LogP contribution >= 0.6 is 11.8 Å². The molecule has 5 aliphatic rings. The molecule has 2 N–H and O–H groups in total. The van der Waals surface area contributed by atoms with Gasteiger partial charge < -0.3 is 19.6 Å². The lowest BCUT2D eigenvalue weighted by Crippen LogP contribution is -2.63. The van der Waals surface area contributed by atoms with Crippen molar-refractivity contribution in [1.82, 2.24) is 15.0 Å². The third-order valence-corrected chi connectivity index (χ3v) is 11.7. The molecule has 1 aliphatic heterocycles. The fourth-order valence-electron chi connectivity index (χ4n) is 9.14. The molecule has 2 aromatic rings. The number of aliphatic hydroxyl groups excluding tert-OH is 1. The highest BCUT2D eigenvalue weighted by molar-refractivity contribution is 7.99. The Labute approximate surface area is 238 Å². The Morgan fingerprint density at radius 1 is 1.32 bits per heavy atom. The van der Waals surface area contributed by atoms with Crippen molar-refractivity contribution >= 4 is 34.5 Å². The Balaban J connectivity index is 1.22. The van der Waals surface area contributed by atoms with Crippen molar-refractivity contribution < 1.29 is 24.2 Å². The minimum atomic E-state index is -1.11. The molecule has 1 saturated heterocycles. The molecule has 7 rings (SSSR count). The molecule has 4 fully saturated rings. The molecule has 0 aromatic carbocycles. The van der Waals surface area contributed by atoms with Crippen LogP contribution in [0.2, 0.25) is 0 Å². The van der Waals surface area contributed by atoms with E-state index in [4.69, 9.17) is 9.47 Å². The van der Waals surface area contributed by atoms with Gasteiger partial charge in [-0.05, 0) is 68.2 Å². The number of carbonyl (C=O) groups excluding carboxylic acids is 2. The molecule has 3 heterocycles. The van der Waals surface area contributed by atoms with Gasteiger partial charge in [-0.3, -0.25) is 9.59 Å². The number of aromatic amines is 1. The van der Waals surface area contributed by atoms with Gasteiger partial charge in [-0.1, -0.05) is 50.6 Å². The summed E-state index contributed by atoms with van der Waals surface area (Å²) in [5, 5.41) is 12.5. The summed E-state index contributed by atoms with van der Waals surface area (Å²) >= 11 is 1.37. The largest absolute Gasteiger partial charge is 0.393 e. The minimum absolute atomic E-state index is 0.00948. The number of Topliss-reactive ketones (excluding diaryl/α,β-unsaturated/α-hetero) is 1. The van der Waals surface area contributed by atoms with E-state index in [-0.39, 0.29) is 46.6 Å². The Morgan fingerprint density at radius 2 is 2.17 bits per heavy atom. The van der Waals surface area contributed by atoms with Crippen LogP contribution in [0.15, 0.2) is 47.3 Å². The van der Waals surface area contributed by atoms with Crippen LogP contribution in [0.5, 0.6) is 0 Å². The van der Waals surface area contributed by atoms with Crippen molar-refractivity contribution in [3.8, 4) is 0 Å². The third kappa shape index (κ3) is 3.63. The molecule has 9 atom stereocenters. The maximum atomic E-state index is 14.4. The Morgan fingerprint density at radius 3 is 2.98 bits per heavy atom. The van der Waals surface area contributed by atoms with Gasteiger partial charge in [0.2, 0.25) is 0 Å². The quantitative estimate of drug-likeness (QED) is 0.483. The smallest absolute Gasteiger partial charge is 0.178 e. The average Bonchev–Trinajstić information content (AvgIpc) is 3.57. The van der Waals surface area contributed by atoms with E-state index in [1.807, 2.05) is 18.2 Å². The monoisotopic (exact) mass is 563 g/mol. The molecule has 3 saturated carbocycles. The van der Waals surface area contributed by atoms with E-state index in [9.17, 15) is 14.7 Å². The van der Waals surface area contributed by atoms with Gasteiger partial charge in [0.05, 0.1) is 23.5 Å². The summed E-state index contributed by atoms with van der Waals surface area (Å²) < 4.78 is 13.3. The van der Waals surface area contributed by atoms with Gasteiger partial charge in [-0.25, -0.2) is 9.97 Å². The van der Waals surface area contributed by atoms with Crippen molar-refractivity contribution in [2.45, 2.75) is 88.6 Å². The van der Waals surface area contributed by atoms with E-state index < -0.39 is 23.4 Å². The predicted molar refractivity (Wildman–Crippen MR) is 150 cm³/mol. The zero-order chi connectivity index (χ0) is 27.9. The first kappa shape index (κ1) is 26.6. The standard InChI is InChI=1S/C31H37N3O5S/c1-4-6-25-38-24-14-20-19-9-8-17-13-18(35)10-11-29(17,2)26(19)22(36)15-30(20,3)31(24,39-25)23(37)16-40-28-33-21-7-5-12-32-27(21)34-28/h5,7,10-13,19-20,22,24-26,36H,4,6,8-9,14-16H2,1-3H3,(H,32,33,34)/t19?,20?,22-,24+,25?,26?,29?,30?,31+/m0/s1. The number of pyridine rings is 1. The lowest BCUT2D eigenvalue weighted by molar-refractivity contribution is -0.197. The zero-order valence-corrected chi connectivity index (χ0v) is 24.1. The first-order valence-corrected chi connectivity index (χ1v) is 15.6. The zero-order valence-electron chi connectivity index (χ0n) is 23.3. The van der Waals surface area contributed by atoms with E-state index in [0.717, 1.165) is 43.2 Å². The van der Waals surface area contributed by atoms with Crippen molar-refractivity contribution in [3.63, 3.8) is 0 Å². The van der Waals surface area contributed by atoms with E-state index in [1.165, 1.54) is 11.8 Å². The average molecular weight is 564 g/mol. The van der Waals surface area contributed by atoms with Crippen molar-refractivity contribution in [1.29, 1.82) is 0 Å². The van der Waals surface area contributed by atoms with E-state index in [1.54, 1.807) is 18.3 Å². The number of nitrogens with zero attached hydrogens (tertiary/aromatic N) is 2. The van der Waals surface area contributed by atoms with Gasteiger partial charge in [0.15, 0.2) is 34.3 Å². The van der Waals surface area contributed by atoms with Gasteiger partial charge in [0, 0.05) is 22.9 Å². The van der Waals surface area contributed by atoms with Crippen LogP contribution in [0.1, 0.15) is 59.3 Å². The van der Waals surface area contributed by atoms with Gasteiger partial charge in [0.25, 0.3) is 0 Å². The lowest BCUT2D eigenvalue weighted by Gasteiger charge is -2.59. The van der Waals surface area contributed by atoms with Crippen molar-refractivity contribution in [2.24, 2.45) is 28.6 Å². The van der Waals surface area contributed by atoms with Gasteiger partial charge >= 0.3 is 0 Å². The summed E-state index contributed by atoms with van der Waals surface area (Å²) in [5.74, 6) is 0.598. The number of H-pyrrole nitrogens is 1. The summed E-state index contributed by atoms with van der Waals surface area (Å²) in [7, 11) is 0. The number of nitrogens with one attached hydrogen (secondary N) is 1. The van der Waals surface area contributed by atoms with Crippen molar-refractivity contribution in [3.05, 3.63) is 42.1 Å². The summed E-state index contributed by atoms with van der Waals surface area (Å²) in [5.41, 5.74) is 0.549. The molecule has 0 spiro atoms. The maximum Gasteiger partial charge on any atom is 0.178 e. The molecule has 40 heavy (non-hydrogen) atoms. The van der Waals surface area contributed by atoms with Crippen molar-refractivity contribution in [2.75, 3.05) is 5.75 Å². The van der Waals surface area contributed by atoms with Gasteiger partial charge in [-0.15, -0.1) is 0 Å². The first-order valence-electron chi connectivity index (χ1n) is 14.6. The summed E-state index contributed by atoms with van der Waals surface area (Å²) in [6, 6.07) is 3.78. The van der Waals surface area contributed by atoms with E-state index in [2.05, 4.69) is 35.7 Å². The highest BCUT2D eigenvalue weighted by Crippen LogP contribution is 2.69. The molecule has 6 unspecified atom stereocenters. The fourth-order valence-corrected chi connectivity index (χ4v) is 9.95. The Bertz CT molecular complexity index is 1400. The number of thioether (sulfide) groups is 1. The number of aromatic nitrogens is 3. The Hall–Kier alpha value is -2.33. The van der Waals surface area contributed by atoms with Crippen LogP contribution in [0, 0.1) is 28.6 Å². The number of carbonyl (C=O) groups is 2. The molecule has 2 aromatic heterocycles. The molecule has 0 radical (unpaired) electrons. The number of aliphatic hydroxyl groups is 1. The van der Waals surface area contributed by atoms with Crippen LogP contribution in [-0.2, 0) is 19.1 Å². The summed E-state index contributed by atoms with van der Waals surface area (Å²) in [6.07, 6.45) is 10.3. The second-order valence-corrected chi connectivity index (χ2v) is 13.7. The predicted octanol–water partition coefficient (Wildman–Crippen LogP) is 4.79. The van der Waals surface area contributed by atoms with Gasteiger partial charge in [-0.2, -0.15) is 0 Å². The normalized spacial score (nSPS) is 41.8. The summed E-state index contributed by atoms with van der Waals surface area (Å²) in [4.78, 5) is 38.7. The van der Waals surface area contributed by atoms with Crippen LogP contribution in [0.3, 0.4) is 0 Å². The first-order chi connectivity index (χ1) is 19.2. The number of imidazole rings is 1. The molecular weight excluding hydrogens is 526 g/mol. The third-order valence-electron chi connectivity index (χ3n) is 10.8. The van der Waals surface area contributed by atoms with Crippen LogP contribution < -0.4 is 0 Å². The van der Waals surface area contributed by atoms with Crippen LogP contribution in [0.4, 0.5) is 0 Å². The van der Waals surface area contributed by atoms with Crippen LogP contribution in [-0.4, -0.2) is 61.5 Å². The van der Waals surface area contributed by atoms with Crippen LogP contribution in [0.25, 0.3) is 11.2 Å². The number of ketones is 2. The topological polar surface area (TPSA) is 114 Å². The summed E-state index contributed by atoms with van der Waals surface area (Å²) in [6.45, 7) is 6.43. The molecular formula is C31H37N3O5S. The minimum Gasteiger partial charge on any atom is -0.393 e. The molecule has 9 heteroatoms. The second-order valence-electron chi connectivity index (χ2n) is 12.8.